The van der Waals surface area contributed by atoms with E-state index in [1.165, 1.54) is 11.1 Å². The van der Waals surface area contributed by atoms with Crippen molar-refractivity contribution < 1.29 is 4.79 Å². The van der Waals surface area contributed by atoms with Gasteiger partial charge in [-0.25, -0.2) is 0 Å². The van der Waals surface area contributed by atoms with Crippen LogP contribution in [-0.2, 0) is 17.6 Å². The number of nitrogens with one attached hydrogen (secondary N) is 1. The van der Waals surface area contributed by atoms with E-state index in [2.05, 4.69) is 29.6 Å². The molecule has 0 saturated carbocycles. The van der Waals surface area contributed by atoms with E-state index in [1.54, 1.807) is 0 Å². The Morgan fingerprint density at radius 3 is 2.58 bits per heavy atom. The zero-order valence-electron chi connectivity index (χ0n) is 11.9. The zero-order chi connectivity index (χ0) is 13.9. The number of hydrogen-bond acceptors (Lipinski definition) is 2. The third-order valence-electron chi connectivity index (χ3n) is 4.40. The molecule has 0 aliphatic heterocycles. The van der Waals surface area contributed by atoms with Gasteiger partial charge >= 0.3 is 0 Å². The maximum atomic E-state index is 12.3. The largest absolute Gasteiger partial charge is 0.351 e. The van der Waals surface area contributed by atoms with E-state index < -0.39 is 5.54 Å². The van der Waals surface area contributed by atoms with Crippen LogP contribution < -0.4 is 11.1 Å². The molecule has 1 aromatic carbocycles. The van der Waals surface area contributed by atoms with Gasteiger partial charge in [0.25, 0.3) is 0 Å². The molecule has 1 unspecified atom stereocenters. The highest BCUT2D eigenvalue weighted by atomic mass is 16.2. The zero-order valence-corrected chi connectivity index (χ0v) is 11.9. The molecule has 0 saturated heterocycles. The van der Waals surface area contributed by atoms with Gasteiger partial charge in [0.15, 0.2) is 0 Å². The average molecular weight is 260 g/mol. The fraction of sp³-hybridized carbons (Fsp3) is 0.562. The minimum absolute atomic E-state index is 0.00174. The van der Waals surface area contributed by atoms with E-state index in [4.69, 9.17) is 5.73 Å². The van der Waals surface area contributed by atoms with Gasteiger partial charge in [-0.15, -0.1) is 0 Å². The number of benzene rings is 1. The van der Waals surface area contributed by atoms with Crippen LogP contribution >= 0.6 is 0 Å². The summed E-state index contributed by atoms with van der Waals surface area (Å²) >= 11 is 0. The van der Waals surface area contributed by atoms with Crippen molar-refractivity contribution >= 4 is 5.91 Å². The molecule has 104 valence electrons. The molecule has 0 bridgehead atoms. The van der Waals surface area contributed by atoms with E-state index in [9.17, 15) is 4.79 Å². The molecule has 0 spiro atoms. The predicted molar refractivity (Wildman–Crippen MR) is 77.9 cm³/mol. The van der Waals surface area contributed by atoms with Crippen LogP contribution in [0.2, 0.25) is 0 Å². The first-order valence-corrected chi connectivity index (χ1v) is 7.25. The predicted octanol–water partition coefficient (Wildman–Crippen LogP) is 2.18. The highest BCUT2D eigenvalue weighted by Gasteiger charge is 2.32. The minimum Gasteiger partial charge on any atom is -0.351 e. The molecule has 0 heterocycles. The third kappa shape index (κ3) is 2.98. The van der Waals surface area contributed by atoms with Crippen molar-refractivity contribution in [3.63, 3.8) is 0 Å². The van der Waals surface area contributed by atoms with Crippen LogP contribution in [0.3, 0.4) is 0 Å². The number of nitrogens with two attached hydrogens (primary N) is 1. The minimum atomic E-state index is -0.711. The lowest BCUT2D eigenvalue weighted by Gasteiger charge is -2.31. The number of fused-ring (bicyclic) bond motifs is 1. The molecule has 2 rings (SSSR count). The van der Waals surface area contributed by atoms with Gasteiger partial charge < -0.3 is 11.1 Å². The molecule has 3 N–H and O–H groups in total. The Hall–Kier alpha value is -1.35. The van der Waals surface area contributed by atoms with Crippen molar-refractivity contribution in [2.45, 2.75) is 57.5 Å². The highest BCUT2D eigenvalue weighted by molar-refractivity contribution is 5.86. The van der Waals surface area contributed by atoms with Gasteiger partial charge in [-0.05, 0) is 43.2 Å². The van der Waals surface area contributed by atoms with Crippen molar-refractivity contribution in [1.82, 2.24) is 5.32 Å². The summed E-state index contributed by atoms with van der Waals surface area (Å²) in [5.41, 5.74) is 8.20. The third-order valence-corrected chi connectivity index (χ3v) is 4.40. The Labute approximate surface area is 115 Å². The number of carbonyl (C=O) groups is 1. The Balaban J connectivity index is 2.01. The SMILES string of the molecule is CCC(N)(CC)C(=O)NC1CCc2ccccc2C1. The van der Waals surface area contributed by atoms with Gasteiger partial charge in [0.2, 0.25) is 5.91 Å². The fourth-order valence-electron chi connectivity index (χ4n) is 2.72. The number of rotatable bonds is 4. The lowest BCUT2D eigenvalue weighted by atomic mass is 9.87. The van der Waals surface area contributed by atoms with Crippen LogP contribution in [0.1, 0.15) is 44.2 Å². The van der Waals surface area contributed by atoms with Crippen molar-refractivity contribution in [1.29, 1.82) is 0 Å². The molecule has 1 aromatic rings. The molecule has 0 aromatic heterocycles. The maximum absolute atomic E-state index is 12.3. The summed E-state index contributed by atoms with van der Waals surface area (Å²) < 4.78 is 0. The van der Waals surface area contributed by atoms with E-state index >= 15 is 0 Å². The molecule has 1 amide bonds. The lowest BCUT2D eigenvalue weighted by Crippen LogP contribution is -2.56. The molecule has 1 aliphatic carbocycles. The van der Waals surface area contributed by atoms with Crippen LogP contribution in [0.4, 0.5) is 0 Å². The second kappa shape index (κ2) is 5.74. The molecule has 1 atom stereocenters. The summed E-state index contributed by atoms with van der Waals surface area (Å²) in [6, 6.07) is 8.70. The molecule has 3 nitrogen and oxygen atoms in total. The van der Waals surface area contributed by atoms with E-state index in [-0.39, 0.29) is 11.9 Å². The second-order valence-electron chi connectivity index (χ2n) is 5.55. The van der Waals surface area contributed by atoms with Gasteiger partial charge in [0.1, 0.15) is 0 Å². The first-order valence-electron chi connectivity index (χ1n) is 7.25. The summed E-state index contributed by atoms with van der Waals surface area (Å²) in [5, 5.41) is 3.14. The summed E-state index contributed by atoms with van der Waals surface area (Å²) in [5.74, 6) is 0.00174. The Kier molecular flexibility index (Phi) is 4.25. The van der Waals surface area contributed by atoms with Crippen molar-refractivity contribution in [3.8, 4) is 0 Å². The van der Waals surface area contributed by atoms with Crippen molar-refractivity contribution in [2.24, 2.45) is 5.73 Å². The summed E-state index contributed by atoms with van der Waals surface area (Å²) in [6.45, 7) is 3.94. The molecule has 0 fully saturated rings. The number of carbonyl (C=O) groups excluding carboxylic acids is 1. The molecule has 19 heavy (non-hydrogen) atoms. The molecule has 1 aliphatic rings. The molecule has 0 radical (unpaired) electrons. The van der Waals surface area contributed by atoms with Crippen LogP contribution in [-0.4, -0.2) is 17.5 Å². The van der Waals surface area contributed by atoms with Gasteiger partial charge in [-0.2, -0.15) is 0 Å². The first-order chi connectivity index (χ1) is 9.09. The molecule has 3 heteroatoms. The molecular formula is C16H24N2O. The summed E-state index contributed by atoms with van der Waals surface area (Å²) in [6.07, 6.45) is 4.33. The quantitative estimate of drug-likeness (QED) is 0.872. The normalized spacial score (nSPS) is 18.8. The number of amides is 1. The molecular weight excluding hydrogens is 236 g/mol. The number of hydrogen-bond donors (Lipinski definition) is 2. The smallest absolute Gasteiger partial charge is 0.240 e. The Morgan fingerprint density at radius 1 is 1.32 bits per heavy atom. The monoisotopic (exact) mass is 260 g/mol. The summed E-state index contributed by atoms with van der Waals surface area (Å²) in [7, 11) is 0. The average Bonchev–Trinajstić information content (AvgIpc) is 2.46. The second-order valence-corrected chi connectivity index (χ2v) is 5.55. The van der Waals surface area contributed by atoms with Gasteiger partial charge in [0.05, 0.1) is 5.54 Å². The van der Waals surface area contributed by atoms with Crippen LogP contribution in [0.5, 0.6) is 0 Å². The van der Waals surface area contributed by atoms with Crippen LogP contribution in [0.15, 0.2) is 24.3 Å². The fourth-order valence-corrected chi connectivity index (χ4v) is 2.72. The Morgan fingerprint density at radius 2 is 1.95 bits per heavy atom. The maximum Gasteiger partial charge on any atom is 0.240 e. The van der Waals surface area contributed by atoms with E-state index in [1.807, 2.05) is 13.8 Å². The standard InChI is InChI=1S/C16H24N2O/c1-3-16(17,4-2)15(19)18-14-10-9-12-7-5-6-8-13(12)11-14/h5-8,14H,3-4,9-11,17H2,1-2H3,(H,18,19). The van der Waals surface area contributed by atoms with Gasteiger partial charge in [-0.1, -0.05) is 38.1 Å². The first kappa shape index (κ1) is 14.1. The van der Waals surface area contributed by atoms with Gasteiger partial charge in [-0.3, -0.25) is 4.79 Å². The van der Waals surface area contributed by atoms with E-state index in [0.29, 0.717) is 12.8 Å². The van der Waals surface area contributed by atoms with Crippen LogP contribution in [0, 0.1) is 0 Å². The number of aryl methyl sites for hydroxylation is 1. The van der Waals surface area contributed by atoms with E-state index in [0.717, 1.165) is 19.3 Å². The van der Waals surface area contributed by atoms with Crippen molar-refractivity contribution in [3.05, 3.63) is 35.4 Å². The van der Waals surface area contributed by atoms with Gasteiger partial charge in [0, 0.05) is 6.04 Å². The topological polar surface area (TPSA) is 55.1 Å². The Bertz CT molecular complexity index is 452. The highest BCUT2D eigenvalue weighted by Crippen LogP contribution is 2.22. The lowest BCUT2D eigenvalue weighted by molar-refractivity contribution is -0.127. The van der Waals surface area contributed by atoms with Crippen molar-refractivity contribution in [2.75, 3.05) is 0 Å². The van der Waals surface area contributed by atoms with Crippen LogP contribution in [0.25, 0.3) is 0 Å². The summed E-state index contributed by atoms with van der Waals surface area (Å²) in [4.78, 5) is 12.3.